The summed E-state index contributed by atoms with van der Waals surface area (Å²) in [7, 11) is 0. The van der Waals surface area contributed by atoms with Crippen molar-refractivity contribution in [2.45, 2.75) is 454 Å². The summed E-state index contributed by atoms with van der Waals surface area (Å²) in [6.45, 7) is 122. The minimum Gasteiger partial charge on any atom is -0.0649 e. The highest BCUT2D eigenvalue weighted by Gasteiger charge is 2.27. The molecule has 0 atom stereocenters. The highest BCUT2D eigenvalue weighted by Crippen LogP contribution is 2.37. The Balaban J connectivity index is -0.0000000721. The molecule has 542 valence electrons. The smallest absolute Gasteiger partial charge is 0.0302 e. The Morgan fingerprint density at radius 2 is 0.500 bits per heavy atom. The van der Waals surface area contributed by atoms with E-state index in [9.17, 15) is 0 Å². The van der Waals surface area contributed by atoms with Crippen LogP contribution in [0.2, 0.25) is 0 Å². The number of hydrogen-bond acceptors (Lipinski definition) is 0. The average molecular weight is 1240 g/mol. The van der Waals surface area contributed by atoms with Crippen LogP contribution < -0.4 is 0 Å². The van der Waals surface area contributed by atoms with E-state index in [1.807, 2.05) is 132 Å². The molecular weight excluding hydrogens is 1030 g/mol. The van der Waals surface area contributed by atoms with E-state index in [-0.39, 0.29) is 44.8 Å². The third-order valence-corrected chi connectivity index (χ3v) is 10.8. The fourth-order valence-corrected chi connectivity index (χ4v) is 4.81. The van der Waals surface area contributed by atoms with Gasteiger partial charge in [-0.1, -0.05) is 428 Å². The van der Waals surface area contributed by atoms with Gasteiger partial charge < -0.3 is 0 Å². The zero-order valence-corrected chi connectivity index (χ0v) is 73.4. The summed E-state index contributed by atoms with van der Waals surface area (Å²) >= 11 is 0. The van der Waals surface area contributed by atoms with Gasteiger partial charge in [-0.3, -0.25) is 0 Å². The molecule has 0 heteroatoms. The van der Waals surface area contributed by atoms with Crippen LogP contribution in [0.5, 0.6) is 0 Å². The summed E-state index contributed by atoms with van der Waals surface area (Å²) in [4.78, 5) is 0. The molecule has 0 fully saturated rings. The molecule has 0 bridgehead atoms. The molecule has 0 rings (SSSR count). The first-order valence-electron chi connectivity index (χ1n) is 40.1. The van der Waals surface area contributed by atoms with Gasteiger partial charge in [0, 0.05) is 15.1 Å². The van der Waals surface area contributed by atoms with Gasteiger partial charge in [0.25, 0.3) is 0 Å². The van der Waals surface area contributed by atoms with Crippen molar-refractivity contribution in [3.8, 4) is 0 Å². The maximum atomic E-state index is 7.90. The molecule has 0 heterocycles. The topological polar surface area (TPSA) is 0 Å². The van der Waals surface area contributed by atoms with Crippen molar-refractivity contribution < 1.29 is 15.1 Å². The second-order valence-electron chi connectivity index (χ2n) is 42.8. The predicted octanol–water partition coefficient (Wildman–Crippen LogP) is 33.9. The molecule has 0 aliphatic carbocycles. The van der Waals surface area contributed by atoms with Crippen molar-refractivity contribution in [2.75, 3.05) is 0 Å². The third-order valence-electron chi connectivity index (χ3n) is 10.8. The van der Waals surface area contributed by atoms with Gasteiger partial charge in [0.2, 0.25) is 0 Å². The molecule has 0 nitrogen and oxygen atoms in total. The third kappa shape index (κ3) is 241. The van der Waals surface area contributed by atoms with Crippen LogP contribution in [0.1, 0.15) is 469 Å². The molecule has 0 aliphatic heterocycles. The Labute approximate surface area is 577 Å². The molecule has 0 saturated carbocycles. The lowest BCUT2D eigenvalue weighted by molar-refractivity contribution is 0.157. The standard InChI is InChI=1S/2C9H20.3C8H18.2C7H16.2C6H14.2C5H12.2C4H10/c2*1-8(2,3)7-9(4,5)6;2*1-7(2)6-8(3,4)5;1-7(2,3)8(4,5)6;2*1-6(2)7(3,4)5;2*1-5-6(2,3)4;2*1-5(2,3)4;2*1-4(2)3/h2*7H2,1-6H3;2*7H,6H2,1-5H3;1-6H3;2*6H,1-5H3;2*5H2,1-4H3;2*1-4H3;2*4H,1-3H3/i7D2;;6D2;;;6D;;5D2;;1D3;;4D;. The summed E-state index contributed by atoms with van der Waals surface area (Å²) < 4.78 is 81.0. The lowest BCUT2D eigenvalue weighted by atomic mass is 9.71. The molecule has 0 saturated heterocycles. The maximum absolute atomic E-state index is 7.90. The average Bonchev–Trinajstić information content (AvgIpc) is 3.14. The Bertz CT molecular complexity index is 1570. The molecule has 0 N–H and O–H groups in total. The Morgan fingerprint density at radius 1 is 0.314 bits per heavy atom. The Hall–Kier alpha value is 0. The molecular formula is C86H198. The minimum atomic E-state index is -1.81. The van der Waals surface area contributed by atoms with Crippen LogP contribution in [0.25, 0.3) is 0 Å². The molecule has 0 aromatic heterocycles. The highest BCUT2D eigenvalue weighted by molar-refractivity contribution is 4.77. The maximum Gasteiger partial charge on any atom is 0.0302 e. The molecule has 0 spiro atoms. The van der Waals surface area contributed by atoms with Gasteiger partial charge in [0.1, 0.15) is 0 Å². The molecule has 0 radical (unpaired) electrons. The van der Waals surface area contributed by atoms with Crippen molar-refractivity contribution >= 4 is 0 Å². The molecule has 0 aromatic carbocycles. The van der Waals surface area contributed by atoms with Gasteiger partial charge in [0.15, 0.2) is 0 Å². The SMILES string of the molecule is CC(C)(C)C.CC(C)(C)C(C)(C)C.CC(C)(C)CC(C)(C)C.CC(C)C.CC(C)C(C)(C)C.CC(C)CC(C)(C)C.CCC(C)(C)C.[2H]C(C)(C)C.[2H]C(C)(C)C(C)(C)C.[2H]C([2H])(C(C)(C)C)C(C)(C)C.[2H]C([2H])(C(C)C)C(C)(C)C.[2H]C([2H])(C)C(C)(C)C.[2H]C([2H])([2H])C(C)(C)C. The Morgan fingerprint density at radius 3 is 0.500 bits per heavy atom. The van der Waals surface area contributed by atoms with Crippen molar-refractivity contribution in [1.29, 1.82) is 0 Å². The molecule has 86 heavy (non-hydrogen) atoms. The largest absolute Gasteiger partial charge is 0.0649 e. The first-order valence-corrected chi connectivity index (χ1v) is 34.6. The van der Waals surface area contributed by atoms with Crippen LogP contribution in [0.15, 0.2) is 0 Å². The van der Waals surface area contributed by atoms with E-state index in [0.29, 0.717) is 43.3 Å². The summed E-state index contributed by atoms with van der Waals surface area (Å²) in [5, 5.41) is 0. The zero-order valence-electron chi connectivity index (χ0n) is 84.4. The Kier molecular flexibility index (Phi) is 52.7. The van der Waals surface area contributed by atoms with Gasteiger partial charge in [-0.15, -0.1) is 0 Å². The van der Waals surface area contributed by atoms with Crippen LogP contribution >= 0.6 is 0 Å². The monoisotopic (exact) mass is 1240 g/mol. The molecule has 0 unspecified atom stereocenters. The second kappa shape index (κ2) is 51.4. The van der Waals surface area contributed by atoms with Crippen LogP contribution in [0, 0.1) is 111 Å². The van der Waals surface area contributed by atoms with E-state index in [0.717, 1.165) is 17.8 Å². The van der Waals surface area contributed by atoms with Gasteiger partial charge in [-0.2, -0.15) is 0 Å². The first-order chi connectivity index (χ1) is 40.1. The van der Waals surface area contributed by atoms with E-state index in [1.165, 1.54) is 19.3 Å². The van der Waals surface area contributed by atoms with Crippen molar-refractivity contribution in [3.05, 3.63) is 0 Å². The van der Waals surface area contributed by atoms with Gasteiger partial charge in [-0.25, -0.2) is 0 Å². The van der Waals surface area contributed by atoms with E-state index < -0.39 is 31.4 Å². The predicted molar refractivity (Wildman–Crippen MR) is 423 cm³/mol. The van der Waals surface area contributed by atoms with Gasteiger partial charge in [-0.05, 0) is 137 Å². The normalized spacial score (nSPS) is 15.4. The highest BCUT2D eigenvalue weighted by atomic mass is 14.3. The van der Waals surface area contributed by atoms with Crippen molar-refractivity contribution in [1.82, 2.24) is 0 Å². The van der Waals surface area contributed by atoms with E-state index >= 15 is 0 Å². The first kappa shape index (κ1) is 88.1. The van der Waals surface area contributed by atoms with E-state index in [4.69, 9.17) is 15.1 Å². The molecule has 0 amide bonds. The summed E-state index contributed by atoms with van der Waals surface area (Å²) in [5.41, 5.74) is 2.40. The van der Waals surface area contributed by atoms with Gasteiger partial charge >= 0.3 is 0 Å². The number of hydrogen-bond donors (Lipinski definition) is 0. The van der Waals surface area contributed by atoms with Crippen LogP contribution in [0.4, 0.5) is 0 Å². The van der Waals surface area contributed by atoms with E-state index in [2.05, 4.69) is 249 Å². The summed E-state index contributed by atoms with van der Waals surface area (Å²) in [6, 6.07) is 0. The summed E-state index contributed by atoms with van der Waals surface area (Å²) in [6.07, 6.45) is 0.639. The minimum absolute atomic E-state index is 0.0903. The molecule has 0 aromatic rings. The van der Waals surface area contributed by atoms with Crippen molar-refractivity contribution in [3.63, 3.8) is 0 Å². The quantitative estimate of drug-likeness (QED) is 0.259. The van der Waals surface area contributed by atoms with Crippen molar-refractivity contribution in [2.24, 2.45) is 111 Å². The second-order valence-corrected chi connectivity index (χ2v) is 42.8. The lowest BCUT2D eigenvalue weighted by Gasteiger charge is -2.34. The van der Waals surface area contributed by atoms with Crippen LogP contribution in [-0.4, -0.2) is 0 Å². The molecule has 0 aliphatic rings. The van der Waals surface area contributed by atoms with Crippen LogP contribution in [0.3, 0.4) is 0 Å². The lowest BCUT2D eigenvalue weighted by Crippen LogP contribution is -2.25. The number of rotatable bonds is 2. The zero-order chi connectivity index (χ0) is 84.4. The fourth-order valence-electron chi connectivity index (χ4n) is 4.81. The van der Waals surface area contributed by atoms with E-state index in [1.54, 1.807) is 27.7 Å². The van der Waals surface area contributed by atoms with Crippen LogP contribution in [-0.2, 0) is 0 Å². The summed E-state index contributed by atoms with van der Waals surface area (Å²) in [5.74, 6) is 2.00. The van der Waals surface area contributed by atoms with Gasteiger partial charge in [0.05, 0.1) is 0 Å². The fraction of sp³-hybridized carbons (Fsp3) is 1.00.